The van der Waals surface area contributed by atoms with Crippen LogP contribution in [0.25, 0.3) is 11.0 Å². The van der Waals surface area contributed by atoms with Crippen molar-refractivity contribution in [2.24, 2.45) is 5.92 Å². The Morgan fingerprint density at radius 3 is 2.69 bits per heavy atom. The number of fused-ring (bicyclic) bond motifs is 4. The van der Waals surface area contributed by atoms with E-state index in [1.807, 2.05) is 6.07 Å². The van der Waals surface area contributed by atoms with Gasteiger partial charge in [-0.25, -0.2) is 0 Å². The predicted octanol–water partition coefficient (Wildman–Crippen LogP) is 2.89. The van der Waals surface area contributed by atoms with E-state index in [0.29, 0.717) is 23.2 Å². The average Bonchev–Trinajstić information content (AvgIpc) is 3.08. The summed E-state index contributed by atoms with van der Waals surface area (Å²) in [6.45, 7) is 10.5. The first-order valence-corrected chi connectivity index (χ1v) is 9.80. The van der Waals surface area contributed by atoms with Crippen molar-refractivity contribution in [3.63, 3.8) is 0 Å². The molecule has 1 N–H and O–H groups in total. The molecule has 3 saturated heterocycles. The van der Waals surface area contributed by atoms with Crippen LogP contribution in [0, 0.1) is 5.92 Å². The van der Waals surface area contributed by atoms with Gasteiger partial charge in [0, 0.05) is 48.9 Å². The quantitative estimate of drug-likeness (QED) is 0.893. The third-order valence-electron chi connectivity index (χ3n) is 6.17. The van der Waals surface area contributed by atoms with Crippen LogP contribution in [0.4, 0.5) is 5.88 Å². The molecule has 6 nitrogen and oxygen atoms in total. The molecule has 2 aromatic rings. The number of pyridine rings is 1. The number of carbonyl (C=O) groups excluding carboxylic acids is 1. The summed E-state index contributed by atoms with van der Waals surface area (Å²) >= 11 is 0. The van der Waals surface area contributed by atoms with Crippen LogP contribution < -0.4 is 10.2 Å². The molecular weight excluding hydrogens is 328 g/mol. The molecule has 5 heterocycles. The maximum Gasteiger partial charge on any atom is 0.270 e. The smallest absolute Gasteiger partial charge is 0.270 e. The Balaban J connectivity index is 1.53. The van der Waals surface area contributed by atoms with Crippen molar-refractivity contribution in [3.05, 3.63) is 24.0 Å². The van der Waals surface area contributed by atoms with E-state index in [4.69, 9.17) is 4.42 Å². The molecule has 0 spiro atoms. The van der Waals surface area contributed by atoms with E-state index in [9.17, 15) is 4.79 Å². The van der Waals surface area contributed by atoms with Gasteiger partial charge in [0.15, 0.2) is 5.88 Å². The Bertz CT molecular complexity index is 788. The lowest BCUT2D eigenvalue weighted by Crippen LogP contribution is -2.62. The third kappa shape index (κ3) is 2.96. The highest BCUT2D eigenvalue weighted by molar-refractivity contribution is 5.95. The highest BCUT2D eigenvalue weighted by Gasteiger charge is 2.40. The predicted molar refractivity (Wildman–Crippen MR) is 103 cm³/mol. The lowest BCUT2D eigenvalue weighted by molar-refractivity contribution is 0.0216. The monoisotopic (exact) mass is 356 g/mol. The number of anilines is 1. The SMILES string of the molecule is CCN(CC)c1cc2cnc(C(=O)N[C@@H]3C4CCN(CC4)[C@H]3C)cc2o1. The molecule has 1 amide bonds. The Morgan fingerprint density at radius 1 is 1.31 bits per heavy atom. The van der Waals surface area contributed by atoms with E-state index in [-0.39, 0.29) is 11.9 Å². The number of nitrogens with zero attached hydrogens (tertiary/aromatic N) is 3. The van der Waals surface area contributed by atoms with Crippen LogP contribution in [0.5, 0.6) is 0 Å². The van der Waals surface area contributed by atoms with Gasteiger partial charge in [-0.05, 0) is 52.6 Å². The first-order chi connectivity index (χ1) is 12.6. The average molecular weight is 356 g/mol. The molecule has 0 unspecified atom stereocenters. The van der Waals surface area contributed by atoms with E-state index in [1.54, 1.807) is 12.3 Å². The summed E-state index contributed by atoms with van der Waals surface area (Å²) in [6, 6.07) is 4.37. The minimum absolute atomic E-state index is 0.0988. The Labute approximate surface area is 154 Å². The van der Waals surface area contributed by atoms with Crippen LogP contribution in [-0.2, 0) is 0 Å². The first-order valence-electron chi connectivity index (χ1n) is 9.80. The van der Waals surface area contributed by atoms with E-state index >= 15 is 0 Å². The fourth-order valence-electron chi connectivity index (χ4n) is 4.51. The Hall–Kier alpha value is -2.08. The third-order valence-corrected chi connectivity index (χ3v) is 6.17. The fraction of sp³-hybridized carbons (Fsp3) is 0.600. The highest BCUT2D eigenvalue weighted by atomic mass is 16.4. The van der Waals surface area contributed by atoms with Gasteiger partial charge in [-0.2, -0.15) is 0 Å². The van der Waals surface area contributed by atoms with Crippen LogP contribution in [0.2, 0.25) is 0 Å². The van der Waals surface area contributed by atoms with Crippen LogP contribution >= 0.6 is 0 Å². The number of amides is 1. The van der Waals surface area contributed by atoms with Gasteiger partial charge in [0.1, 0.15) is 11.3 Å². The van der Waals surface area contributed by atoms with Gasteiger partial charge in [-0.15, -0.1) is 0 Å². The molecule has 140 valence electrons. The molecular formula is C20H28N4O2. The summed E-state index contributed by atoms with van der Waals surface area (Å²) in [5.41, 5.74) is 1.15. The van der Waals surface area contributed by atoms with Gasteiger partial charge < -0.3 is 14.6 Å². The molecule has 0 radical (unpaired) electrons. The van der Waals surface area contributed by atoms with Crippen molar-refractivity contribution in [2.75, 3.05) is 31.1 Å². The lowest BCUT2D eigenvalue weighted by Gasteiger charge is -2.49. The number of piperidine rings is 3. The van der Waals surface area contributed by atoms with Crippen molar-refractivity contribution in [2.45, 2.75) is 45.7 Å². The summed E-state index contributed by atoms with van der Waals surface area (Å²) in [7, 11) is 0. The van der Waals surface area contributed by atoms with Crippen molar-refractivity contribution in [1.82, 2.24) is 15.2 Å². The van der Waals surface area contributed by atoms with Gasteiger partial charge in [0.2, 0.25) is 0 Å². The zero-order valence-electron chi connectivity index (χ0n) is 15.9. The first kappa shape index (κ1) is 17.3. The lowest BCUT2D eigenvalue weighted by atomic mass is 9.79. The van der Waals surface area contributed by atoms with Gasteiger partial charge in [0.05, 0.1) is 0 Å². The zero-order valence-corrected chi connectivity index (χ0v) is 15.9. The number of aromatic nitrogens is 1. The highest BCUT2D eigenvalue weighted by Crippen LogP contribution is 2.32. The van der Waals surface area contributed by atoms with E-state index in [2.05, 4.69) is 40.9 Å². The van der Waals surface area contributed by atoms with Gasteiger partial charge >= 0.3 is 0 Å². The number of nitrogens with one attached hydrogen (secondary N) is 1. The standard InChI is InChI=1S/C20H28N4O2/c1-4-23(5-2)18-10-15-12-21-16(11-17(15)26-18)20(25)22-19-13(3)24-8-6-14(19)7-9-24/h10-14,19H,4-9H2,1-3H3,(H,22,25)/t13-,19-/m0/s1. The summed E-state index contributed by atoms with van der Waals surface area (Å²) in [5.74, 6) is 1.31. The summed E-state index contributed by atoms with van der Waals surface area (Å²) < 4.78 is 5.96. The minimum atomic E-state index is -0.0988. The van der Waals surface area contributed by atoms with Crippen LogP contribution in [0.3, 0.4) is 0 Å². The molecule has 3 fully saturated rings. The molecule has 3 aliphatic rings. The van der Waals surface area contributed by atoms with Crippen molar-refractivity contribution < 1.29 is 9.21 Å². The fourth-order valence-corrected chi connectivity index (χ4v) is 4.51. The summed E-state index contributed by atoms with van der Waals surface area (Å²) in [6.07, 6.45) is 4.08. The number of furan rings is 1. The molecule has 0 aliphatic carbocycles. The molecule has 2 atom stereocenters. The molecule has 3 aliphatic heterocycles. The van der Waals surface area contributed by atoms with Crippen LogP contribution in [0.15, 0.2) is 22.7 Å². The largest absolute Gasteiger partial charge is 0.440 e. The molecule has 2 aromatic heterocycles. The number of hydrogen-bond acceptors (Lipinski definition) is 5. The van der Waals surface area contributed by atoms with E-state index < -0.39 is 0 Å². The van der Waals surface area contributed by atoms with Crippen molar-refractivity contribution in [3.8, 4) is 0 Å². The normalized spacial score (nSPS) is 27.7. The van der Waals surface area contributed by atoms with Crippen LogP contribution in [-0.4, -0.2) is 54.1 Å². The number of carbonyl (C=O) groups is 1. The van der Waals surface area contributed by atoms with E-state index in [0.717, 1.165) is 37.4 Å². The van der Waals surface area contributed by atoms with Crippen molar-refractivity contribution >= 4 is 22.8 Å². The molecule has 2 bridgehead atoms. The Morgan fingerprint density at radius 2 is 2.04 bits per heavy atom. The van der Waals surface area contributed by atoms with Crippen molar-refractivity contribution in [1.29, 1.82) is 0 Å². The molecule has 5 rings (SSSR count). The van der Waals surface area contributed by atoms with Crippen LogP contribution in [0.1, 0.15) is 44.1 Å². The summed E-state index contributed by atoms with van der Waals surface area (Å²) in [4.78, 5) is 21.8. The topological polar surface area (TPSA) is 61.6 Å². The summed E-state index contributed by atoms with van der Waals surface area (Å²) in [5, 5.41) is 4.17. The van der Waals surface area contributed by atoms with Gasteiger partial charge in [-0.3, -0.25) is 14.7 Å². The molecule has 0 saturated carbocycles. The maximum absolute atomic E-state index is 12.8. The van der Waals surface area contributed by atoms with Gasteiger partial charge in [-0.1, -0.05) is 0 Å². The number of rotatable bonds is 5. The van der Waals surface area contributed by atoms with E-state index in [1.165, 1.54) is 12.8 Å². The number of hydrogen-bond donors (Lipinski definition) is 1. The second kappa shape index (κ2) is 6.91. The van der Waals surface area contributed by atoms with Gasteiger partial charge in [0.25, 0.3) is 5.91 Å². The zero-order chi connectivity index (χ0) is 18.3. The molecule has 6 heteroatoms. The molecule has 26 heavy (non-hydrogen) atoms. The minimum Gasteiger partial charge on any atom is -0.440 e. The molecule has 0 aromatic carbocycles. The second-order valence-electron chi connectivity index (χ2n) is 7.48. The Kier molecular flexibility index (Phi) is 4.61. The maximum atomic E-state index is 12.8. The second-order valence-corrected chi connectivity index (χ2v) is 7.48.